The summed E-state index contributed by atoms with van der Waals surface area (Å²) in [5.74, 6) is -3.19. The molecule has 1 N–H and O–H groups in total. The largest absolute Gasteiger partial charge is 0.466 e. The minimum absolute atomic E-state index is 0.0274. The molecule has 0 heterocycles. The van der Waals surface area contributed by atoms with E-state index in [2.05, 4.69) is 12.2 Å². The van der Waals surface area contributed by atoms with Gasteiger partial charge in [0.25, 0.3) is 5.91 Å². The molecule has 0 spiro atoms. The summed E-state index contributed by atoms with van der Waals surface area (Å²) in [6.45, 7) is 2.42. The van der Waals surface area contributed by atoms with Crippen molar-refractivity contribution in [3.8, 4) is 0 Å². The number of nitrogens with one attached hydrogen (secondary N) is 1. The molecule has 0 unspecified atom stereocenters. The van der Waals surface area contributed by atoms with Crippen molar-refractivity contribution in [3.63, 3.8) is 0 Å². The lowest BCUT2D eigenvalue weighted by atomic mass is 10.2. The number of unbranched alkanes of at least 4 members (excludes halogenated alkanes) is 3. The number of ether oxygens (including phenoxy) is 1. The van der Waals surface area contributed by atoms with Crippen molar-refractivity contribution < 1.29 is 23.1 Å². The Morgan fingerprint density at radius 3 is 2.45 bits per heavy atom. The standard InChI is InChI=1S/C16H21F2NO3/c1-2-3-4-5-11-22-14(20)9-10-19-16(21)15-12(17)7-6-8-13(15)18/h6-8H,2-5,9-11H2,1H3,(H,19,21). The van der Waals surface area contributed by atoms with Crippen molar-refractivity contribution in [1.29, 1.82) is 0 Å². The molecule has 4 nitrogen and oxygen atoms in total. The Labute approximate surface area is 128 Å². The highest BCUT2D eigenvalue weighted by atomic mass is 19.1. The molecule has 0 aliphatic heterocycles. The van der Waals surface area contributed by atoms with Gasteiger partial charge in [-0.2, -0.15) is 0 Å². The first-order valence-electron chi connectivity index (χ1n) is 7.44. The van der Waals surface area contributed by atoms with Gasteiger partial charge in [0.2, 0.25) is 0 Å². The summed E-state index contributed by atoms with van der Waals surface area (Å²) < 4.78 is 31.7. The maximum Gasteiger partial charge on any atom is 0.307 e. The highest BCUT2D eigenvalue weighted by molar-refractivity contribution is 5.94. The topological polar surface area (TPSA) is 55.4 Å². The number of rotatable bonds is 9. The van der Waals surface area contributed by atoms with Crippen molar-refractivity contribution in [2.75, 3.05) is 13.2 Å². The van der Waals surface area contributed by atoms with Crippen LogP contribution in [0.3, 0.4) is 0 Å². The SMILES string of the molecule is CCCCCCOC(=O)CCNC(=O)c1c(F)cccc1F. The van der Waals surface area contributed by atoms with E-state index in [0.29, 0.717) is 6.61 Å². The van der Waals surface area contributed by atoms with Crippen LogP contribution in [0.4, 0.5) is 8.78 Å². The zero-order chi connectivity index (χ0) is 16.4. The van der Waals surface area contributed by atoms with Gasteiger partial charge in [0.05, 0.1) is 13.0 Å². The Balaban J connectivity index is 2.26. The zero-order valence-electron chi connectivity index (χ0n) is 12.7. The van der Waals surface area contributed by atoms with Gasteiger partial charge in [-0.1, -0.05) is 32.3 Å². The van der Waals surface area contributed by atoms with Crippen molar-refractivity contribution in [2.45, 2.75) is 39.0 Å². The van der Waals surface area contributed by atoms with E-state index < -0.39 is 29.1 Å². The molecule has 0 saturated carbocycles. The van der Waals surface area contributed by atoms with Gasteiger partial charge >= 0.3 is 5.97 Å². The fraction of sp³-hybridized carbons (Fsp3) is 0.500. The van der Waals surface area contributed by atoms with E-state index in [1.807, 2.05) is 0 Å². The second-order valence-electron chi connectivity index (χ2n) is 4.88. The minimum atomic E-state index is -0.934. The van der Waals surface area contributed by atoms with Gasteiger partial charge < -0.3 is 10.1 Å². The molecule has 0 saturated heterocycles. The zero-order valence-corrected chi connectivity index (χ0v) is 12.7. The quantitative estimate of drug-likeness (QED) is 0.562. The van der Waals surface area contributed by atoms with Gasteiger partial charge in [0.15, 0.2) is 0 Å². The van der Waals surface area contributed by atoms with Gasteiger partial charge in [-0.05, 0) is 18.6 Å². The maximum absolute atomic E-state index is 13.4. The molecule has 0 aliphatic rings. The highest BCUT2D eigenvalue weighted by Crippen LogP contribution is 2.11. The van der Waals surface area contributed by atoms with Crippen LogP contribution in [0.25, 0.3) is 0 Å². The van der Waals surface area contributed by atoms with Crippen LogP contribution in [-0.2, 0) is 9.53 Å². The molecule has 1 aromatic rings. The summed E-state index contributed by atoms with van der Waals surface area (Å²) >= 11 is 0. The molecule has 0 bridgehead atoms. The van der Waals surface area contributed by atoms with Crippen LogP contribution >= 0.6 is 0 Å². The van der Waals surface area contributed by atoms with Gasteiger partial charge in [-0.15, -0.1) is 0 Å². The Morgan fingerprint density at radius 1 is 1.14 bits per heavy atom. The monoisotopic (exact) mass is 313 g/mol. The Hall–Kier alpha value is -1.98. The van der Waals surface area contributed by atoms with Crippen LogP contribution in [0, 0.1) is 11.6 Å². The average Bonchev–Trinajstić information content (AvgIpc) is 2.47. The molecular weight excluding hydrogens is 292 g/mol. The molecule has 0 aliphatic carbocycles. The molecule has 22 heavy (non-hydrogen) atoms. The number of halogens is 2. The van der Waals surface area contributed by atoms with Gasteiger partial charge in [-0.25, -0.2) is 8.78 Å². The number of benzene rings is 1. The number of carbonyl (C=O) groups is 2. The second-order valence-corrected chi connectivity index (χ2v) is 4.88. The first-order valence-corrected chi connectivity index (χ1v) is 7.44. The normalized spacial score (nSPS) is 10.3. The molecule has 1 amide bonds. The molecule has 122 valence electrons. The predicted molar refractivity (Wildman–Crippen MR) is 78.4 cm³/mol. The maximum atomic E-state index is 13.4. The molecule has 1 aromatic carbocycles. The highest BCUT2D eigenvalue weighted by Gasteiger charge is 2.16. The van der Waals surface area contributed by atoms with E-state index in [1.165, 1.54) is 6.07 Å². The van der Waals surface area contributed by atoms with Crippen LogP contribution in [0.5, 0.6) is 0 Å². The summed E-state index contributed by atoms with van der Waals surface area (Å²) in [6.07, 6.45) is 3.99. The number of hydrogen-bond donors (Lipinski definition) is 1. The Bertz CT molecular complexity index is 486. The van der Waals surface area contributed by atoms with Gasteiger partial charge in [0, 0.05) is 6.54 Å². The summed E-state index contributed by atoms with van der Waals surface area (Å²) in [4.78, 5) is 23.1. The fourth-order valence-electron chi connectivity index (χ4n) is 1.87. The van der Waals surface area contributed by atoms with Crippen LogP contribution in [-0.4, -0.2) is 25.0 Å². The fourth-order valence-corrected chi connectivity index (χ4v) is 1.87. The van der Waals surface area contributed by atoms with E-state index in [-0.39, 0.29) is 13.0 Å². The third-order valence-electron chi connectivity index (χ3n) is 3.07. The first kappa shape index (κ1) is 18.1. The van der Waals surface area contributed by atoms with E-state index in [0.717, 1.165) is 37.8 Å². The summed E-state index contributed by atoms with van der Waals surface area (Å²) in [6, 6.07) is 3.18. The van der Waals surface area contributed by atoms with Crippen LogP contribution in [0.2, 0.25) is 0 Å². The molecule has 6 heteroatoms. The molecule has 0 aromatic heterocycles. The number of hydrogen-bond acceptors (Lipinski definition) is 3. The molecule has 1 rings (SSSR count). The molecule has 0 atom stereocenters. The van der Waals surface area contributed by atoms with Crippen molar-refractivity contribution in [1.82, 2.24) is 5.32 Å². The van der Waals surface area contributed by atoms with Gasteiger partial charge in [0.1, 0.15) is 17.2 Å². The van der Waals surface area contributed by atoms with E-state index >= 15 is 0 Å². The van der Waals surface area contributed by atoms with Gasteiger partial charge in [-0.3, -0.25) is 9.59 Å². The van der Waals surface area contributed by atoms with E-state index in [9.17, 15) is 18.4 Å². The minimum Gasteiger partial charge on any atom is -0.466 e. The second kappa shape index (κ2) is 9.87. The van der Waals surface area contributed by atoms with Crippen molar-refractivity contribution in [2.24, 2.45) is 0 Å². The predicted octanol–water partition coefficient (Wildman–Crippen LogP) is 3.21. The average molecular weight is 313 g/mol. The van der Waals surface area contributed by atoms with Crippen LogP contribution in [0.1, 0.15) is 49.4 Å². The van der Waals surface area contributed by atoms with E-state index in [4.69, 9.17) is 4.74 Å². The van der Waals surface area contributed by atoms with Crippen LogP contribution in [0.15, 0.2) is 18.2 Å². The van der Waals surface area contributed by atoms with Crippen LogP contribution < -0.4 is 5.32 Å². The smallest absolute Gasteiger partial charge is 0.307 e. The van der Waals surface area contributed by atoms with E-state index in [1.54, 1.807) is 0 Å². The summed E-state index contributed by atoms with van der Waals surface area (Å²) in [5, 5.41) is 2.30. The molecule has 0 fully saturated rings. The Morgan fingerprint density at radius 2 is 1.82 bits per heavy atom. The third-order valence-corrected chi connectivity index (χ3v) is 3.07. The molecular formula is C16H21F2NO3. The lowest BCUT2D eigenvalue weighted by Gasteiger charge is -2.07. The lowest BCUT2D eigenvalue weighted by Crippen LogP contribution is -2.28. The number of esters is 1. The Kier molecular flexibility index (Phi) is 8.10. The van der Waals surface area contributed by atoms with Crippen molar-refractivity contribution >= 4 is 11.9 Å². The lowest BCUT2D eigenvalue weighted by molar-refractivity contribution is -0.143. The molecule has 0 radical (unpaired) electrons. The van der Waals surface area contributed by atoms with Crippen molar-refractivity contribution in [3.05, 3.63) is 35.4 Å². The third kappa shape index (κ3) is 6.20. The first-order chi connectivity index (χ1) is 10.6. The summed E-state index contributed by atoms with van der Waals surface area (Å²) in [5.41, 5.74) is -0.643. The summed E-state index contributed by atoms with van der Waals surface area (Å²) in [7, 11) is 0. The number of carbonyl (C=O) groups excluding carboxylic acids is 2. The number of amides is 1.